The molecule has 1 atom stereocenters. The van der Waals surface area contributed by atoms with Gasteiger partial charge < -0.3 is 5.32 Å². The lowest BCUT2D eigenvalue weighted by Gasteiger charge is -2.17. The molecule has 2 heteroatoms. The van der Waals surface area contributed by atoms with E-state index in [0.29, 0.717) is 6.04 Å². The summed E-state index contributed by atoms with van der Waals surface area (Å²) in [6.45, 7) is 4.78. The fourth-order valence-electron chi connectivity index (χ4n) is 3.06. The van der Waals surface area contributed by atoms with Crippen molar-refractivity contribution in [3.63, 3.8) is 0 Å². The number of aryl methyl sites for hydroxylation is 1. The predicted octanol–water partition coefficient (Wildman–Crippen LogP) is 3.68. The molecule has 2 nitrogen and oxygen atoms in total. The number of unbranched alkanes of at least 4 members (excludes halogenated alkanes) is 1. The van der Waals surface area contributed by atoms with Gasteiger partial charge in [-0.2, -0.15) is 0 Å². The molecule has 1 aromatic carbocycles. The van der Waals surface area contributed by atoms with Gasteiger partial charge in [-0.25, -0.2) is 0 Å². The Morgan fingerprint density at radius 1 is 1.16 bits per heavy atom. The zero-order valence-electron chi connectivity index (χ0n) is 12.1. The molecule has 1 saturated heterocycles. The highest BCUT2D eigenvalue weighted by atomic mass is 15.2. The highest BCUT2D eigenvalue weighted by molar-refractivity contribution is 5.45. The Balaban J connectivity index is 1.49. The van der Waals surface area contributed by atoms with E-state index in [2.05, 4.69) is 41.4 Å². The van der Waals surface area contributed by atoms with Crippen LogP contribution in [0.5, 0.6) is 0 Å². The van der Waals surface area contributed by atoms with Gasteiger partial charge >= 0.3 is 0 Å². The summed E-state index contributed by atoms with van der Waals surface area (Å²) in [5.74, 6) is 0. The van der Waals surface area contributed by atoms with E-state index < -0.39 is 0 Å². The third-order valence-corrected chi connectivity index (χ3v) is 4.43. The average Bonchev–Trinajstić information content (AvgIpc) is 3.19. The number of nitrogens with one attached hydrogen (secondary N) is 1. The molecule has 0 aromatic heterocycles. The van der Waals surface area contributed by atoms with Gasteiger partial charge in [-0.15, -0.1) is 0 Å². The first-order valence-corrected chi connectivity index (χ1v) is 7.94. The maximum Gasteiger partial charge on any atom is 0.0400 e. The minimum atomic E-state index is 0.655. The maximum absolute atomic E-state index is 3.70. The second-order valence-electron chi connectivity index (χ2n) is 6.16. The van der Waals surface area contributed by atoms with Crippen LogP contribution in [-0.4, -0.2) is 30.1 Å². The standard InChI is InChI=1S/C17H26N2/c1-2-3-4-14-5-7-15(8-6-14)18-16-11-12-19(13-16)17-9-10-17/h5-8,16-18H,2-4,9-13H2,1H3. The highest BCUT2D eigenvalue weighted by Gasteiger charge is 2.34. The van der Waals surface area contributed by atoms with Gasteiger partial charge in [-0.05, 0) is 49.8 Å². The van der Waals surface area contributed by atoms with E-state index in [0.717, 1.165) is 6.04 Å². The zero-order valence-corrected chi connectivity index (χ0v) is 12.1. The Labute approximate surface area is 117 Å². The summed E-state index contributed by atoms with van der Waals surface area (Å²) in [7, 11) is 0. The van der Waals surface area contributed by atoms with Crippen LogP contribution < -0.4 is 5.32 Å². The molecule has 1 aliphatic carbocycles. The van der Waals surface area contributed by atoms with E-state index in [9.17, 15) is 0 Å². The summed E-state index contributed by atoms with van der Waals surface area (Å²) in [6, 6.07) is 10.7. The summed E-state index contributed by atoms with van der Waals surface area (Å²) >= 11 is 0. The van der Waals surface area contributed by atoms with Crippen molar-refractivity contribution in [1.29, 1.82) is 0 Å². The SMILES string of the molecule is CCCCc1ccc(NC2CCN(C3CC3)C2)cc1. The Morgan fingerprint density at radius 2 is 1.95 bits per heavy atom. The molecular weight excluding hydrogens is 232 g/mol. The van der Waals surface area contributed by atoms with Crippen molar-refractivity contribution >= 4 is 5.69 Å². The molecule has 1 aromatic rings. The molecule has 3 rings (SSSR count). The third-order valence-electron chi connectivity index (χ3n) is 4.43. The van der Waals surface area contributed by atoms with E-state index in [1.54, 1.807) is 0 Å². The minimum Gasteiger partial charge on any atom is -0.381 e. The van der Waals surface area contributed by atoms with Crippen LogP contribution in [0.25, 0.3) is 0 Å². The molecule has 0 spiro atoms. The molecule has 0 radical (unpaired) electrons. The molecule has 1 N–H and O–H groups in total. The monoisotopic (exact) mass is 258 g/mol. The Kier molecular flexibility index (Phi) is 4.07. The first-order chi connectivity index (χ1) is 9.35. The van der Waals surface area contributed by atoms with Crippen molar-refractivity contribution in [3.05, 3.63) is 29.8 Å². The highest BCUT2D eigenvalue weighted by Crippen LogP contribution is 2.30. The molecule has 0 bridgehead atoms. The van der Waals surface area contributed by atoms with Crippen molar-refractivity contribution in [3.8, 4) is 0 Å². The predicted molar refractivity (Wildman–Crippen MR) is 81.7 cm³/mol. The fraction of sp³-hybridized carbons (Fsp3) is 0.647. The number of hydrogen-bond donors (Lipinski definition) is 1. The largest absolute Gasteiger partial charge is 0.381 e. The second kappa shape index (κ2) is 5.96. The third kappa shape index (κ3) is 3.50. The van der Waals surface area contributed by atoms with E-state index in [1.165, 1.54) is 62.9 Å². The summed E-state index contributed by atoms with van der Waals surface area (Å²) in [5, 5.41) is 3.70. The zero-order chi connectivity index (χ0) is 13.1. The van der Waals surface area contributed by atoms with Crippen molar-refractivity contribution in [2.45, 2.75) is 57.5 Å². The molecule has 2 fully saturated rings. The molecule has 2 aliphatic rings. The number of likely N-dealkylation sites (tertiary alicyclic amines) is 1. The number of nitrogens with zero attached hydrogens (tertiary/aromatic N) is 1. The van der Waals surface area contributed by atoms with E-state index in [-0.39, 0.29) is 0 Å². The molecule has 1 heterocycles. The molecule has 1 unspecified atom stereocenters. The Hall–Kier alpha value is -1.02. The number of hydrogen-bond acceptors (Lipinski definition) is 2. The van der Waals surface area contributed by atoms with Crippen molar-refractivity contribution < 1.29 is 0 Å². The summed E-state index contributed by atoms with van der Waals surface area (Å²) < 4.78 is 0. The maximum atomic E-state index is 3.70. The number of benzene rings is 1. The van der Waals surface area contributed by atoms with Gasteiger partial charge in [0.05, 0.1) is 0 Å². The quantitative estimate of drug-likeness (QED) is 0.837. The fourth-order valence-corrected chi connectivity index (χ4v) is 3.06. The van der Waals surface area contributed by atoms with E-state index >= 15 is 0 Å². The smallest absolute Gasteiger partial charge is 0.0400 e. The van der Waals surface area contributed by atoms with Crippen LogP contribution in [0, 0.1) is 0 Å². The van der Waals surface area contributed by atoms with Gasteiger partial charge in [0.1, 0.15) is 0 Å². The normalized spacial score (nSPS) is 23.7. The van der Waals surface area contributed by atoms with Crippen molar-refractivity contribution in [2.75, 3.05) is 18.4 Å². The van der Waals surface area contributed by atoms with Crippen LogP contribution in [0.15, 0.2) is 24.3 Å². The van der Waals surface area contributed by atoms with Gasteiger partial charge in [-0.3, -0.25) is 4.90 Å². The molecular formula is C17H26N2. The Morgan fingerprint density at radius 3 is 2.63 bits per heavy atom. The first kappa shape index (κ1) is 13.0. The van der Waals surface area contributed by atoms with Crippen molar-refractivity contribution in [2.24, 2.45) is 0 Å². The summed E-state index contributed by atoms with van der Waals surface area (Å²) in [4.78, 5) is 2.66. The van der Waals surface area contributed by atoms with Crippen molar-refractivity contribution in [1.82, 2.24) is 4.90 Å². The summed E-state index contributed by atoms with van der Waals surface area (Å²) in [6.07, 6.45) is 7.95. The van der Waals surface area contributed by atoms with Crippen LogP contribution >= 0.6 is 0 Å². The second-order valence-corrected chi connectivity index (χ2v) is 6.16. The van der Waals surface area contributed by atoms with E-state index in [4.69, 9.17) is 0 Å². The number of anilines is 1. The lowest BCUT2D eigenvalue weighted by atomic mass is 10.1. The van der Waals surface area contributed by atoms with Gasteiger partial charge in [-0.1, -0.05) is 25.5 Å². The van der Waals surface area contributed by atoms with Gasteiger partial charge in [0.15, 0.2) is 0 Å². The van der Waals surface area contributed by atoms with Crippen LogP contribution in [0.1, 0.15) is 44.6 Å². The molecule has 1 saturated carbocycles. The van der Waals surface area contributed by atoms with Gasteiger partial charge in [0.25, 0.3) is 0 Å². The topological polar surface area (TPSA) is 15.3 Å². The summed E-state index contributed by atoms with van der Waals surface area (Å²) in [5.41, 5.74) is 2.77. The molecule has 1 aliphatic heterocycles. The average molecular weight is 258 g/mol. The van der Waals surface area contributed by atoms with Crippen LogP contribution in [-0.2, 0) is 6.42 Å². The van der Waals surface area contributed by atoms with Crippen LogP contribution in [0.2, 0.25) is 0 Å². The van der Waals surface area contributed by atoms with Crippen LogP contribution in [0.4, 0.5) is 5.69 Å². The number of rotatable bonds is 6. The molecule has 19 heavy (non-hydrogen) atoms. The molecule has 104 valence electrons. The van der Waals surface area contributed by atoms with Crippen LogP contribution in [0.3, 0.4) is 0 Å². The van der Waals surface area contributed by atoms with Gasteiger partial charge in [0, 0.05) is 30.9 Å². The lowest BCUT2D eigenvalue weighted by molar-refractivity contribution is 0.326. The molecule has 0 amide bonds. The Bertz CT molecular complexity index is 394. The lowest BCUT2D eigenvalue weighted by Crippen LogP contribution is -2.27. The van der Waals surface area contributed by atoms with E-state index in [1.807, 2.05) is 0 Å². The minimum absolute atomic E-state index is 0.655. The van der Waals surface area contributed by atoms with Gasteiger partial charge in [0.2, 0.25) is 0 Å². The first-order valence-electron chi connectivity index (χ1n) is 7.94.